The first kappa shape index (κ1) is 27.3. The van der Waals surface area contributed by atoms with Gasteiger partial charge in [0.05, 0.1) is 34.3 Å². The number of benzene rings is 1. The second-order valence-electron chi connectivity index (χ2n) is 10.5. The molecule has 0 bridgehead atoms. The van der Waals surface area contributed by atoms with Gasteiger partial charge in [0, 0.05) is 38.8 Å². The number of fused-ring (bicyclic) bond motifs is 2. The van der Waals surface area contributed by atoms with Crippen molar-refractivity contribution in [1.29, 1.82) is 0 Å². The van der Waals surface area contributed by atoms with Gasteiger partial charge in [0.15, 0.2) is 11.5 Å². The summed E-state index contributed by atoms with van der Waals surface area (Å²) in [5, 5.41) is 3.20. The molecule has 0 radical (unpaired) electrons. The van der Waals surface area contributed by atoms with Gasteiger partial charge in [-0.3, -0.25) is 4.79 Å². The zero-order valence-electron chi connectivity index (χ0n) is 23.2. The summed E-state index contributed by atoms with van der Waals surface area (Å²) in [4.78, 5) is 38.3. The molecular weight excluding hydrogens is 561 g/mol. The van der Waals surface area contributed by atoms with Crippen molar-refractivity contribution >= 4 is 57.0 Å². The number of amides is 1. The van der Waals surface area contributed by atoms with Crippen LogP contribution in [0.2, 0.25) is 5.02 Å². The number of halogens is 2. The molecule has 1 aliphatic rings. The maximum absolute atomic E-state index is 15.3. The van der Waals surface area contributed by atoms with Gasteiger partial charge in [-0.2, -0.15) is 0 Å². The zero-order valence-corrected chi connectivity index (χ0v) is 23.9. The smallest absolute Gasteiger partial charge is 0.246 e. The Balaban J connectivity index is 1.26. The lowest BCUT2D eigenvalue weighted by Gasteiger charge is -2.47. The van der Waals surface area contributed by atoms with E-state index in [4.69, 9.17) is 21.3 Å². The van der Waals surface area contributed by atoms with E-state index in [2.05, 4.69) is 36.7 Å². The van der Waals surface area contributed by atoms with Crippen LogP contribution in [0.5, 0.6) is 11.5 Å². The summed E-state index contributed by atoms with van der Waals surface area (Å²) in [7, 11) is 1.84. The topological polar surface area (TPSA) is 114 Å². The van der Waals surface area contributed by atoms with Crippen LogP contribution in [0.15, 0.2) is 61.8 Å². The summed E-state index contributed by atoms with van der Waals surface area (Å²) in [5.41, 5.74) is 2.04. The van der Waals surface area contributed by atoms with Crippen LogP contribution >= 0.6 is 11.6 Å². The molecule has 1 amide bonds. The molecule has 1 N–H and O–H groups in total. The van der Waals surface area contributed by atoms with Crippen molar-refractivity contribution in [2.24, 2.45) is 7.05 Å². The Bertz CT molecular complexity index is 1860. The third-order valence-corrected chi connectivity index (χ3v) is 7.46. The Morgan fingerprint density at radius 3 is 2.76 bits per heavy atom. The molecule has 0 aliphatic carbocycles. The van der Waals surface area contributed by atoms with Gasteiger partial charge in [-0.1, -0.05) is 18.2 Å². The van der Waals surface area contributed by atoms with E-state index >= 15 is 4.39 Å². The average Bonchev–Trinajstić information content (AvgIpc) is 3.34. The van der Waals surface area contributed by atoms with Gasteiger partial charge in [-0.25, -0.2) is 29.3 Å². The van der Waals surface area contributed by atoms with Gasteiger partial charge < -0.3 is 24.4 Å². The zero-order chi connectivity index (χ0) is 29.6. The number of nitrogens with one attached hydrogen (secondary N) is 1. The molecule has 1 aromatic carbocycles. The minimum absolute atomic E-state index is 0.0931. The Labute approximate surface area is 245 Å². The number of aromatic nitrogens is 6. The molecule has 1 fully saturated rings. The van der Waals surface area contributed by atoms with E-state index in [1.807, 2.05) is 33.0 Å². The Kier molecular flexibility index (Phi) is 6.85. The summed E-state index contributed by atoms with van der Waals surface area (Å²) in [6, 6.07) is 8.04. The van der Waals surface area contributed by atoms with E-state index in [1.165, 1.54) is 30.7 Å². The second kappa shape index (κ2) is 10.5. The van der Waals surface area contributed by atoms with E-state index in [1.54, 1.807) is 21.9 Å². The van der Waals surface area contributed by atoms with Crippen molar-refractivity contribution in [1.82, 2.24) is 34.4 Å². The summed E-state index contributed by atoms with van der Waals surface area (Å²) in [6.45, 7) is 9.31. The Hall–Kier alpha value is -4.84. The molecule has 214 valence electrons. The van der Waals surface area contributed by atoms with Gasteiger partial charge in [-0.15, -0.1) is 0 Å². The normalized spacial score (nSPS) is 14.8. The maximum atomic E-state index is 15.3. The first-order chi connectivity index (χ1) is 20.1. The number of piperazine rings is 1. The Morgan fingerprint density at radius 1 is 1.14 bits per heavy atom. The predicted octanol–water partition coefficient (Wildman–Crippen LogP) is 5.25. The minimum Gasteiger partial charge on any atom is -0.454 e. The summed E-state index contributed by atoms with van der Waals surface area (Å²) in [6.07, 6.45) is 5.89. The van der Waals surface area contributed by atoms with Crippen molar-refractivity contribution in [3.05, 3.63) is 72.7 Å². The third kappa shape index (κ3) is 5.05. The number of imidazole rings is 1. The van der Waals surface area contributed by atoms with E-state index in [0.717, 1.165) is 0 Å². The summed E-state index contributed by atoms with van der Waals surface area (Å²) >= 11 is 6.50. The molecule has 42 heavy (non-hydrogen) atoms. The lowest BCUT2D eigenvalue weighted by Crippen LogP contribution is -2.61. The lowest BCUT2D eigenvalue weighted by molar-refractivity contribution is -0.131. The summed E-state index contributed by atoms with van der Waals surface area (Å²) in [5.74, 6) is 0.805. The number of aryl methyl sites for hydroxylation is 1. The Morgan fingerprint density at radius 2 is 1.98 bits per heavy atom. The first-order valence-corrected chi connectivity index (χ1v) is 13.5. The molecular formula is C29H27ClFN9O2. The van der Waals surface area contributed by atoms with Crippen LogP contribution in [0.3, 0.4) is 0 Å². The fourth-order valence-electron chi connectivity index (χ4n) is 5.08. The number of rotatable bonds is 6. The van der Waals surface area contributed by atoms with Crippen LogP contribution in [0.25, 0.3) is 22.2 Å². The third-order valence-electron chi connectivity index (χ3n) is 7.16. The van der Waals surface area contributed by atoms with E-state index in [-0.39, 0.29) is 22.4 Å². The van der Waals surface area contributed by atoms with Crippen LogP contribution in [0.1, 0.15) is 13.8 Å². The maximum Gasteiger partial charge on any atom is 0.246 e. The number of carbonyl (C=O) groups is 1. The molecule has 6 rings (SSSR count). The average molecular weight is 588 g/mol. The van der Waals surface area contributed by atoms with E-state index in [9.17, 15) is 4.79 Å². The van der Waals surface area contributed by atoms with Crippen LogP contribution in [0.4, 0.5) is 21.7 Å². The van der Waals surface area contributed by atoms with Crippen molar-refractivity contribution in [2.75, 3.05) is 29.9 Å². The fraction of sp³-hybridized carbons (Fsp3) is 0.241. The molecule has 1 saturated heterocycles. The van der Waals surface area contributed by atoms with Crippen LogP contribution in [0, 0.1) is 5.82 Å². The second-order valence-corrected chi connectivity index (χ2v) is 11.0. The van der Waals surface area contributed by atoms with Crippen LogP contribution in [-0.2, 0) is 11.8 Å². The fourth-order valence-corrected chi connectivity index (χ4v) is 5.28. The molecule has 5 aromatic rings. The number of nitrogens with zero attached hydrogens (tertiary/aromatic N) is 8. The highest BCUT2D eigenvalue weighted by molar-refractivity contribution is 6.32. The number of pyridine rings is 2. The van der Waals surface area contributed by atoms with Crippen molar-refractivity contribution in [3.63, 3.8) is 0 Å². The largest absolute Gasteiger partial charge is 0.454 e. The van der Waals surface area contributed by atoms with Gasteiger partial charge in [0.1, 0.15) is 40.5 Å². The van der Waals surface area contributed by atoms with Crippen molar-refractivity contribution in [2.45, 2.75) is 19.4 Å². The van der Waals surface area contributed by atoms with Gasteiger partial charge >= 0.3 is 0 Å². The standard InChI is InChI=1S/C29H27ClFN9O2/c1-5-25(41)40-9-8-39(14-29(40,2)3)24-7-6-20-26(37-24)27(34-15-33-20)36-21-11-18(30)23(12-19(21)31)42-17-10-22-28(32-13-17)38(4)16-35-22/h5-7,10-13,15-16H,1,8-9,14H2,2-4H3,(H,33,34,36). The molecule has 0 spiro atoms. The number of hydrogen-bond donors (Lipinski definition) is 1. The van der Waals surface area contributed by atoms with E-state index < -0.39 is 11.4 Å². The molecule has 13 heteroatoms. The first-order valence-electron chi connectivity index (χ1n) is 13.1. The lowest BCUT2D eigenvalue weighted by atomic mass is 9.98. The highest BCUT2D eigenvalue weighted by Crippen LogP contribution is 2.36. The minimum atomic E-state index is -0.603. The molecule has 5 heterocycles. The van der Waals surface area contributed by atoms with Gasteiger partial charge in [-0.05, 0) is 38.1 Å². The number of carbonyl (C=O) groups excluding carboxylic acids is 1. The predicted molar refractivity (Wildman–Crippen MR) is 159 cm³/mol. The number of hydrogen-bond acceptors (Lipinski definition) is 9. The van der Waals surface area contributed by atoms with Crippen LogP contribution < -0.4 is 15.0 Å². The molecule has 0 atom stereocenters. The highest BCUT2D eigenvalue weighted by atomic mass is 35.5. The van der Waals surface area contributed by atoms with E-state index in [0.29, 0.717) is 59.2 Å². The quantitative estimate of drug-likeness (QED) is 0.266. The number of anilines is 3. The van der Waals surface area contributed by atoms with Gasteiger partial charge in [0.2, 0.25) is 5.91 Å². The molecule has 11 nitrogen and oxygen atoms in total. The van der Waals surface area contributed by atoms with Gasteiger partial charge in [0.25, 0.3) is 0 Å². The van der Waals surface area contributed by atoms with Crippen molar-refractivity contribution in [3.8, 4) is 11.5 Å². The number of ether oxygens (including phenoxy) is 1. The van der Waals surface area contributed by atoms with Crippen LogP contribution in [-0.4, -0.2) is 65.5 Å². The van der Waals surface area contributed by atoms with Crippen molar-refractivity contribution < 1.29 is 13.9 Å². The highest BCUT2D eigenvalue weighted by Gasteiger charge is 2.36. The molecule has 0 unspecified atom stereocenters. The summed E-state index contributed by atoms with van der Waals surface area (Å²) < 4.78 is 22.9. The molecule has 0 saturated carbocycles. The molecule has 4 aromatic heterocycles. The monoisotopic (exact) mass is 587 g/mol. The SMILES string of the molecule is C=CC(=O)N1CCN(c2ccc3ncnc(Nc4cc(Cl)c(Oc5cnc6c(c5)ncn6C)cc4F)c3n2)CC1(C)C. The molecule has 1 aliphatic heterocycles.